The molecule has 4 heteroatoms. The molecule has 1 fully saturated rings. The van der Waals surface area contributed by atoms with E-state index in [4.69, 9.17) is 0 Å². The molecule has 0 aromatic heterocycles. The fourth-order valence-corrected chi connectivity index (χ4v) is 1.50. The van der Waals surface area contributed by atoms with Crippen molar-refractivity contribution in [2.45, 2.75) is 45.4 Å². The summed E-state index contributed by atoms with van der Waals surface area (Å²) < 4.78 is 13.8. The Hall–Kier alpha value is -0.640. The second-order valence-electron chi connectivity index (χ2n) is 4.59. The van der Waals surface area contributed by atoms with Gasteiger partial charge in [0.1, 0.15) is 0 Å². The number of nitrogens with one attached hydrogen (secondary N) is 1. The van der Waals surface area contributed by atoms with E-state index in [0.29, 0.717) is 6.04 Å². The Labute approximate surface area is 84.7 Å². The zero-order valence-electron chi connectivity index (χ0n) is 9.30. The van der Waals surface area contributed by atoms with Gasteiger partial charge in [-0.15, -0.1) is 0 Å². The minimum atomic E-state index is -1.66. The first kappa shape index (κ1) is 11.4. The number of hydrogen-bond donors (Lipinski definition) is 1. The minimum absolute atomic E-state index is 0.00299. The molecule has 0 bridgehead atoms. The van der Waals surface area contributed by atoms with Gasteiger partial charge in [-0.25, -0.2) is 4.39 Å². The quantitative estimate of drug-likeness (QED) is 0.739. The Morgan fingerprint density at radius 3 is 2.21 bits per heavy atom. The molecule has 0 aromatic carbocycles. The van der Waals surface area contributed by atoms with Gasteiger partial charge in [-0.05, 0) is 27.7 Å². The van der Waals surface area contributed by atoms with Gasteiger partial charge < -0.3 is 5.32 Å². The predicted molar refractivity (Wildman–Crippen MR) is 53.8 cm³/mol. The van der Waals surface area contributed by atoms with E-state index in [1.165, 1.54) is 0 Å². The summed E-state index contributed by atoms with van der Waals surface area (Å²) in [4.78, 5) is 13.4. The fraction of sp³-hybridized carbons (Fsp3) is 0.900. The molecule has 1 aliphatic rings. The Kier molecular flexibility index (Phi) is 3.14. The van der Waals surface area contributed by atoms with E-state index in [1.54, 1.807) is 0 Å². The van der Waals surface area contributed by atoms with Crippen LogP contribution in [-0.4, -0.2) is 41.6 Å². The number of likely N-dealkylation sites (tertiary alicyclic amines) is 1. The van der Waals surface area contributed by atoms with Crippen molar-refractivity contribution in [1.29, 1.82) is 0 Å². The van der Waals surface area contributed by atoms with Gasteiger partial charge in [-0.3, -0.25) is 9.69 Å². The van der Waals surface area contributed by atoms with E-state index in [9.17, 15) is 9.18 Å². The van der Waals surface area contributed by atoms with Crippen molar-refractivity contribution in [1.82, 2.24) is 10.2 Å². The molecule has 82 valence electrons. The van der Waals surface area contributed by atoms with E-state index in [1.807, 2.05) is 32.6 Å². The largest absolute Gasteiger partial charge is 0.351 e. The lowest BCUT2D eigenvalue weighted by Gasteiger charge is -2.45. The third-order valence-electron chi connectivity index (χ3n) is 2.46. The Morgan fingerprint density at radius 1 is 1.36 bits per heavy atom. The molecule has 1 saturated heterocycles. The van der Waals surface area contributed by atoms with Gasteiger partial charge in [0.25, 0.3) is 5.91 Å². The van der Waals surface area contributed by atoms with Crippen LogP contribution >= 0.6 is 0 Å². The van der Waals surface area contributed by atoms with Crippen LogP contribution in [0.2, 0.25) is 0 Å². The van der Waals surface area contributed by atoms with Gasteiger partial charge in [0, 0.05) is 25.2 Å². The van der Waals surface area contributed by atoms with Crippen molar-refractivity contribution in [2.75, 3.05) is 13.1 Å². The van der Waals surface area contributed by atoms with E-state index < -0.39 is 11.6 Å². The van der Waals surface area contributed by atoms with E-state index >= 15 is 0 Å². The molecular formula is C10H19FN2O. The number of nitrogens with zero attached hydrogens (tertiary/aromatic N) is 1. The Bertz CT molecular complexity index is 222. The molecule has 0 saturated carbocycles. The molecule has 1 amide bonds. The summed E-state index contributed by atoms with van der Waals surface area (Å²) in [7, 11) is 0. The normalized spacial score (nSPS) is 21.1. The first-order valence-corrected chi connectivity index (χ1v) is 5.09. The maximum Gasteiger partial charge on any atom is 0.260 e. The smallest absolute Gasteiger partial charge is 0.260 e. The summed E-state index contributed by atoms with van der Waals surface area (Å²) in [5, 5.41) is 2.60. The fourth-order valence-electron chi connectivity index (χ4n) is 1.50. The van der Waals surface area contributed by atoms with Gasteiger partial charge in [0.2, 0.25) is 5.67 Å². The third kappa shape index (κ3) is 2.23. The zero-order chi connectivity index (χ0) is 10.9. The van der Waals surface area contributed by atoms with Gasteiger partial charge in [0.05, 0.1) is 0 Å². The molecule has 0 atom stereocenters. The maximum absolute atomic E-state index is 13.8. The lowest BCUT2D eigenvalue weighted by Crippen LogP contribution is -2.67. The second-order valence-corrected chi connectivity index (χ2v) is 4.59. The number of rotatable bonds is 3. The molecule has 3 nitrogen and oxygen atoms in total. The number of alkyl halides is 1. The standard InChI is InChI=1S/C10H19FN2O/c1-7(2)12-9(14)10(11)5-13(6-10)8(3)4/h7-8H,5-6H2,1-4H3,(H,12,14). The van der Waals surface area contributed by atoms with Crippen LogP contribution in [0.4, 0.5) is 4.39 Å². The molecule has 0 unspecified atom stereocenters. The third-order valence-corrected chi connectivity index (χ3v) is 2.46. The van der Waals surface area contributed by atoms with E-state index in [2.05, 4.69) is 5.32 Å². The van der Waals surface area contributed by atoms with Crippen molar-refractivity contribution < 1.29 is 9.18 Å². The monoisotopic (exact) mass is 202 g/mol. The number of hydrogen-bond acceptors (Lipinski definition) is 2. The topological polar surface area (TPSA) is 32.3 Å². The first-order valence-electron chi connectivity index (χ1n) is 5.09. The van der Waals surface area contributed by atoms with Gasteiger partial charge in [-0.2, -0.15) is 0 Å². The number of amides is 1. The molecule has 1 rings (SSSR count). The first-order chi connectivity index (χ1) is 6.35. The zero-order valence-corrected chi connectivity index (χ0v) is 9.30. The van der Waals surface area contributed by atoms with Crippen LogP contribution < -0.4 is 5.32 Å². The summed E-state index contributed by atoms with van der Waals surface area (Å²) in [5.74, 6) is -0.468. The molecule has 1 heterocycles. The molecule has 1 aliphatic heterocycles. The number of carbonyl (C=O) groups excluding carboxylic acids is 1. The molecular weight excluding hydrogens is 183 g/mol. The summed E-state index contributed by atoms with van der Waals surface area (Å²) in [6, 6.07) is 0.314. The van der Waals surface area contributed by atoms with Crippen LogP contribution in [0.15, 0.2) is 0 Å². The average Bonchev–Trinajstić information content (AvgIpc) is 1.96. The summed E-state index contributed by atoms with van der Waals surface area (Å²) >= 11 is 0. The predicted octanol–water partition coefficient (Wildman–Crippen LogP) is 0.943. The van der Waals surface area contributed by atoms with Crippen molar-refractivity contribution in [2.24, 2.45) is 0 Å². The van der Waals surface area contributed by atoms with Crippen molar-refractivity contribution >= 4 is 5.91 Å². The number of carbonyl (C=O) groups is 1. The molecule has 0 spiro atoms. The maximum atomic E-state index is 13.8. The SMILES string of the molecule is CC(C)NC(=O)C1(F)CN(C(C)C)C1. The number of halogens is 1. The lowest BCUT2D eigenvalue weighted by atomic mass is 9.93. The van der Waals surface area contributed by atoms with Crippen LogP contribution in [0.5, 0.6) is 0 Å². The van der Waals surface area contributed by atoms with Crippen LogP contribution in [-0.2, 0) is 4.79 Å². The second kappa shape index (κ2) is 3.85. The van der Waals surface area contributed by atoms with Crippen LogP contribution in [0.3, 0.4) is 0 Å². The molecule has 14 heavy (non-hydrogen) atoms. The molecule has 0 aromatic rings. The lowest BCUT2D eigenvalue weighted by molar-refractivity contribution is -0.147. The van der Waals surface area contributed by atoms with Crippen LogP contribution in [0, 0.1) is 0 Å². The highest BCUT2D eigenvalue weighted by molar-refractivity contribution is 5.87. The van der Waals surface area contributed by atoms with Crippen molar-refractivity contribution in [3.05, 3.63) is 0 Å². The summed E-state index contributed by atoms with van der Waals surface area (Å²) in [6.45, 7) is 8.12. The van der Waals surface area contributed by atoms with Crippen molar-refractivity contribution in [3.8, 4) is 0 Å². The van der Waals surface area contributed by atoms with E-state index in [0.717, 1.165) is 0 Å². The van der Waals surface area contributed by atoms with Crippen molar-refractivity contribution in [3.63, 3.8) is 0 Å². The minimum Gasteiger partial charge on any atom is -0.351 e. The molecule has 0 aliphatic carbocycles. The van der Waals surface area contributed by atoms with Gasteiger partial charge >= 0.3 is 0 Å². The van der Waals surface area contributed by atoms with Crippen LogP contribution in [0.25, 0.3) is 0 Å². The highest BCUT2D eigenvalue weighted by atomic mass is 19.1. The highest BCUT2D eigenvalue weighted by Gasteiger charge is 2.50. The van der Waals surface area contributed by atoms with Gasteiger partial charge in [-0.1, -0.05) is 0 Å². The molecule has 0 radical (unpaired) electrons. The van der Waals surface area contributed by atoms with E-state index in [-0.39, 0.29) is 19.1 Å². The van der Waals surface area contributed by atoms with Gasteiger partial charge in [0.15, 0.2) is 0 Å². The Balaban J connectivity index is 2.43. The molecule has 1 N–H and O–H groups in total. The average molecular weight is 202 g/mol. The summed E-state index contributed by atoms with van der Waals surface area (Å²) in [6.07, 6.45) is 0. The van der Waals surface area contributed by atoms with Crippen LogP contribution in [0.1, 0.15) is 27.7 Å². The summed E-state index contributed by atoms with van der Waals surface area (Å²) in [5.41, 5.74) is -1.66. The Morgan fingerprint density at radius 2 is 1.86 bits per heavy atom. The highest BCUT2D eigenvalue weighted by Crippen LogP contribution is 2.27.